The van der Waals surface area contributed by atoms with Crippen LogP contribution in [0.3, 0.4) is 0 Å². The quantitative estimate of drug-likeness (QED) is 0.894. The zero-order valence-corrected chi connectivity index (χ0v) is 12.8. The van der Waals surface area contributed by atoms with Gasteiger partial charge in [0.1, 0.15) is 6.04 Å². The first-order valence-electron chi connectivity index (χ1n) is 7.21. The molecule has 1 aliphatic rings. The molecule has 2 atom stereocenters. The molecule has 112 valence electrons. The lowest BCUT2D eigenvalue weighted by Crippen LogP contribution is -2.55. The molecule has 1 saturated heterocycles. The SMILES string of the molecule is C[C@H]1OCCN[C@@H]1C(=O)NCCc1nc2ccccc2s1. The molecular weight excluding hydrogens is 286 g/mol. The average Bonchev–Trinajstić information content (AvgIpc) is 2.90. The third-order valence-corrected chi connectivity index (χ3v) is 4.67. The second-order valence-corrected chi connectivity index (χ2v) is 6.24. The fraction of sp³-hybridized carbons (Fsp3) is 0.467. The van der Waals surface area contributed by atoms with Crippen LogP contribution in [-0.4, -0.2) is 42.7 Å². The highest BCUT2D eigenvalue weighted by Crippen LogP contribution is 2.21. The molecule has 21 heavy (non-hydrogen) atoms. The van der Waals surface area contributed by atoms with Crippen LogP contribution in [-0.2, 0) is 16.0 Å². The lowest BCUT2D eigenvalue weighted by molar-refractivity contribution is -0.128. The molecule has 0 unspecified atom stereocenters. The van der Waals surface area contributed by atoms with Crippen molar-refractivity contribution in [1.82, 2.24) is 15.6 Å². The van der Waals surface area contributed by atoms with Crippen molar-refractivity contribution in [3.63, 3.8) is 0 Å². The van der Waals surface area contributed by atoms with Gasteiger partial charge < -0.3 is 15.4 Å². The Labute approximate surface area is 127 Å². The summed E-state index contributed by atoms with van der Waals surface area (Å²) in [5.41, 5.74) is 1.03. The summed E-state index contributed by atoms with van der Waals surface area (Å²) < 4.78 is 6.67. The van der Waals surface area contributed by atoms with Gasteiger partial charge in [0.05, 0.1) is 27.9 Å². The van der Waals surface area contributed by atoms with E-state index in [1.54, 1.807) is 11.3 Å². The molecule has 5 nitrogen and oxygen atoms in total. The van der Waals surface area contributed by atoms with Gasteiger partial charge in [-0.25, -0.2) is 4.98 Å². The number of hydrogen-bond acceptors (Lipinski definition) is 5. The van der Waals surface area contributed by atoms with Crippen LogP contribution in [0.25, 0.3) is 10.2 Å². The molecule has 1 aromatic carbocycles. The van der Waals surface area contributed by atoms with Gasteiger partial charge in [-0.2, -0.15) is 0 Å². The number of thiazole rings is 1. The summed E-state index contributed by atoms with van der Waals surface area (Å²) in [4.78, 5) is 16.7. The maximum Gasteiger partial charge on any atom is 0.239 e. The fourth-order valence-corrected chi connectivity index (χ4v) is 3.42. The number of ether oxygens (including phenoxy) is 1. The van der Waals surface area contributed by atoms with E-state index in [9.17, 15) is 4.79 Å². The van der Waals surface area contributed by atoms with Gasteiger partial charge in [-0.15, -0.1) is 11.3 Å². The van der Waals surface area contributed by atoms with Crippen molar-refractivity contribution >= 4 is 27.5 Å². The summed E-state index contributed by atoms with van der Waals surface area (Å²) in [6.45, 7) is 3.91. The number of rotatable bonds is 4. The molecule has 1 aromatic heterocycles. The predicted molar refractivity (Wildman–Crippen MR) is 83.5 cm³/mol. The molecule has 0 aliphatic carbocycles. The van der Waals surface area contributed by atoms with E-state index < -0.39 is 0 Å². The van der Waals surface area contributed by atoms with E-state index in [4.69, 9.17) is 4.74 Å². The number of nitrogens with zero attached hydrogens (tertiary/aromatic N) is 1. The Morgan fingerprint density at radius 1 is 1.52 bits per heavy atom. The molecule has 2 heterocycles. The summed E-state index contributed by atoms with van der Waals surface area (Å²) >= 11 is 1.68. The van der Waals surface area contributed by atoms with Gasteiger partial charge in [0.25, 0.3) is 0 Å². The molecule has 0 saturated carbocycles. The van der Waals surface area contributed by atoms with Crippen molar-refractivity contribution in [2.24, 2.45) is 0 Å². The maximum absolute atomic E-state index is 12.1. The second kappa shape index (κ2) is 6.51. The molecule has 0 radical (unpaired) electrons. The molecule has 6 heteroatoms. The summed E-state index contributed by atoms with van der Waals surface area (Å²) in [5, 5.41) is 7.20. The van der Waals surface area contributed by atoms with Gasteiger partial charge >= 0.3 is 0 Å². The number of carbonyl (C=O) groups is 1. The van der Waals surface area contributed by atoms with Crippen LogP contribution in [0.15, 0.2) is 24.3 Å². The number of amides is 1. The first-order valence-corrected chi connectivity index (χ1v) is 8.03. The highest BCUT2D eigenvalue weighted by Gasteiger charge is 2.27. The Kier molecular flexibility index (Phi) is 4.48. The Morgan fingerprint density at radius 3 is 3.19 bits per heavy atom. The Hall–Kier alpha value is -1.50. The van der Waals surface area contributed by atoms with Crippen LogP contribution in [0, 0.1) is 0 Å². The van der Waals surface area contributed by atoms with Crippen molar-refractivity contribution in [2.45, 2.75) is 25.5 Å². The van der Waals surface area contributed by atoms with Crippen LogP contribution in [0.5, 0.6) is 0 Å². The zero-order valence-electron chi connectivity index (χ0n) is 12.0. The smallest absolute Gasteiger partial charge is 0.239 e. The van der Waals surface area contributed by atoms with Gasteiger partial charge in [0.2, 0.25) is 5.91 Å². The number of morpholine rings is 1. The van der Waals surface area contributed by atoms with Gasteiger partial charge in [-0.1, -0.05) is 12.1 Å². The first kappa shape index (κ1) is 14.4. The monoisotopic (exact) mass is 305 g/mol. The number of nitrogens with one attached hydrogen (secondary N) is 2. The fourth-order valence-electron chi connectivity index (χ4n) is 2.46. The molecule has 0 spiro atoms. The molecular formula is C15H19N3O2S. The van der Waals surface area contributed by atoms with E-state index in [0.717, 1.165) is 23.5 Å². The number of hydrogen-bond donors (Lipinski definition) is 2. The van der Waals surface area contributed by atoms with Crippen molar-refractivity contribution in [1.29, 1.82) is 0 Å². The van der Waals surface area contributed by atoms with Gasteiger partial charge in [0, 0.05) is 19.5 Å². The maximum atomic E-state index is 12.1. The third kappa shape index (κ3) is 3.40. The van der Waals surface area contributed by atoms with E-state index in [1.807, 2.05) is 25.1 Å². The minimum atomic E-state index is -0.255. The number of aromatic nitrogens is 1. The molecule has 0 bridgehead atoms. The lowest BCUT2D eigenvalue weighted by atomic mass is 10.1. The number of benzene rings is 1. The zero-order chi connectivity index (χ0) is 14.7. The highest BCUT2D eigenvalue weighted by molar-refractivity contribution is 7.18. The first-order chi connectivity index (χ1) is 10.2. The van der Waals surface area contributed by atoms with Gasteiger partial charge in [-0.3, -0.25) is 4.79 Å². The van der Waals surface area contributed by atoms with E-state index in [2.05, 4.69) is 21.7 Å². The lowest BCUT2D eigenvalue weighted by Gasteiger charge is -2.29. The number of fused-ring (bicyclic) bond motifs is 1. The number of para-hydroxylation sites is 1. The Morgan fingerprint density at radius 2 is 2.38 bits per heavy atom. The molecule has 1 aliphatic heterocycles. The minimum absolute atomic E-state index is 0.00307. The summed E-state index contributed by atoms with van der Waals surface area (Å²) in [7, 11) is 0. The van der Waals surface area contributed by atoms with Crippen LogP contribution in [0.1, 0.15) is 11.9 Å². The van der Waals surface area contributed by atoms with E-state index >= 15 is 0 Å². The molecule has 2 aromatic rings. The Balaban J connectivity index is 1.52. The van der Waals surface area contributed by atoms with Gasteiger partial charge in [0.15, 0.2) is 0 Å². The summed E-state index contributed by atoms with van der Waals surface area (Å²) in [5.74, 6) is 0.00307. The molecule has 1 fully saturated rings. The Bertz CT molecular complexity index is 595. The normalized spacial score (nSPS) is 22.3. The largest absolute Gasteiger partial charge is 0.375 e. The average molecular weight is 305 g/mol. The predicted octanol–water partition coefficient (Wildman–Crippen LogP) is 1.33. The number of carbonyl (C=O) groups excluding carboxylic acids is 1. The second-order valence-electron chi connectivity index (χ2n) is 5.12. The third-order valence-electron chi connectivity index (χ3n) is 3.58. The van der Waals surface area contributed by atoms with Crippen LogP contribution < -0.4 is 10.6 Å². The summed E-state index contributed by atoms with van der Waals surface area (Å²) in [6.07, 6.45) is 0.675. The topological polar surface area (TPSA) is 63.2 Å². The van der Waals surface area contributed by atoms with Crippen molar-refractivity contribution in [3.8, 4) is 0 Å². The molecule has 3 rings (SSSR count). The summed E-state index contributed by atoms with van der Waals surface area (Å²) in [6, 6.07) is 7.83. The van der Waals surface area contributed by atoms with Crippen molar-refractivity contribution < 1.29 is 9.53 Å². The van der Waals surface area contributed by atoms with Gasteiger partial charge in [-0.05, 0) is 19.1 Å². The minimum Gasteiger partial charge on any atom is -0.375 e. The van der Waals surface area contributed by atoms with Crippen molar-refractivity contribution in [3.05, 3.63) is 29.3 Å². The molecule has 1 amide bonds. The van der Waals surface area contributed by atoms with E-state index in [0.29, 0.717) is 13.2 Å². The molecule has 2 N–H and O–H groups in total. The van der Waals surface area contributed by atoms with E-state index in [1.165, 1.54) is 4.70 Å². The standard InChI is InChI=1S/C15H19N3O2S/c1-10-14(16-8-9-20-10)15(19)17-7-6-13-18-11-4-2-3-5-12(11)21-13/h2-5,10,14,16H,6-9H2,1H3,(H,17,19)/t10-,14+/m1/s1. The van der Waals surface area contributed by atoms with Crippen LogP contribution in [0.4, 0.5) is 0 Å². The van der Waals surface area contributed by atoms with Crippen molar-refractivity contribution in [2.75, 3.05) is 19.7 Å². The van der Waals surface area contributed by atoms with E-state index in [-0.39, 0.29) is 18.1 Å². The van der Waals surface area contributed by atoms with Crippen LogP contribution in [0.2, 0.25) is 0 Å². The van der Waals surface area contributed by atoms with Crippen LogP contribution >= 0.6 is 11.3 Å². The highest BCUT2D eigenvalue weighted by atomic mass is 32.1.